The zero-order valence-electron chi connectivity index (χ0n) is 14.3. The molecule has 3 aromatic rings. The molecule has 2 aromatic heterocycles. The van der Waals surface area contributed by atoms with Crippen molar-refractivity contribution < 1.29 is 4.79 Å². The minimum Gasteiger partial charge on any atom is -0.272 e. The Labute approximate surface area is 155 Å². The highest BCUT2D eigenvalue weighted by Crippen LogP contribution is 2.35. The number of halogens is 1. The molecule has 0 aliphatic heterocycles. The van der Waals surface area contributed by atoms with Gasteiger partial charge < -0.3 is 0 Å². The van der Waals surface area contributed by atoms with Gasteiger partial charge in [-0.3, -0.25) is 9.48 Å². The van der Waals surface area contributed by atoms with E-state index >= 15 is 0 Å². The largest absolute Gasteiger partial charge is 0.283 e. The van der Waals surface area contributed by atoms with Gasteiger partial charge in [-0.05, 0) is 31.9 Å². The monoisotopic (exact) mass is 374 g/mol. The van der Waals surface area contributed by atoms with Crippen LogP contribution < -0.4 is 5.43 Å². The first-order valence-corrected chi connectivity index (χ1v) is 9.31. The van der Waals surface area contributed by atoms with Gasteiger partial charge in [0, 0.05) is 28.4 Å². The zero-order valence-corrected chi connectivity index (χ0v) is 15.9. The number of aryl methyl sites for hydroxylation is 3. The number of hydrogen-bond donors (Lipinski definition) is 1. The summed E-state index contributed by atoms with van der Waals surface area (Å²) in [6, 6.07) is 6.08. The van der Waals surface area contributed by atoms with Gasteiger partial charge in [-0.15, -0.1) is 11.3 Å². The first-order chi connectivity index (χ1) is 12.0. The molecule has 5 nitrogen and oxygen atoms in total. The lowest BCUT2D eigenvalue weighted by atomic mass is 10.1. The first kappa shape index (κ1) is 17.6. The van der Waals surface area contributed by atoms with Crippen LogP contribution in [0.2, 0.25) is 5.02 Å². The highest BCUT2D eigenvalue weighted by molar-refractivity contribution is 7.21. The molecule has 3 rings (SSSR count). The van der Waals surface area contributed by atoms with E-state index < -0.39 is 0 Å². The molecule has 7 heteroatoms. The fourth-order valence-corrected chi connectivity index (χ4v) is 3.98. The van der Waals surface area contributed by atoms with Crippen LogP contribution in [0.15, 0.2) is 29.5 Å². The van der Waals surface area contributed by atoms with Crippen LogP contribution in [-0.2, 0) is 13.0 Å². The van der Waals surface area contributed by atoms with Crippen LogP contribution in [0.1, 0.15) is 40.3 Å². The van der Waals surface area contributed by atoms with E-state index in [1.807, 2.05) is 36.9 Å². The number of carbonyl (C=O) groups excluding carboxylic acids is 1. The molecule has 0 bridgehead atoms. The molecule has 0 fully saturated rings. The summed E-state index contributed by atoms with van der Waals surface area (Å²) in [5.74, 6) is -0.305. The Morgan fingerprint density at radius 1 is 1.44 bits per heavy atom. The Kier molecular flexibility index (Phi) is 5.20. The molecule has 0 aliphatic rings. The maximum absolute atomic E-state index is 12.4. The summed E-state index contributed by atoms with van der Waals surface area (Å²) in [5.41, 5.74) is 5.51. The molecule has 0 saturated carbocycles. The summed E-state index contributed by atoms with van der Waals surface area (Å²) in [6.45, 7) is 6.81. The Bertz CT molecular complexity index is 958. The zero-order chi connectivity index (χ0) is 18.0. The first-order valence-electron chi connectivity index (χ1n) is 8.11. The van der Waals surface area contributed by atoms with Crippen LogP contribution in [0.25, 0.3) is 10.1 Å². The van der Waals surface area contributed by atoms with E-state index in [1.165, 1.54) is 16.9 Å². The number of rotatable bonds is 5. The van der Waals surface area contributed by atoms with Crippen LogP contribution in [0.5, 0.6) is 0 Å². The van der Waals surface area contributed by atoms with Crippen molar-refractivity contribution in [3.8, 4) is 0 Å². The van der Waals surface area contributed by atoms with Crippen molar-refractivity contribution >= 4 is 45.1 Å². The summed E-state index contributed by atoms with van der Waals surface area (Å²) in [5, 5.41) is 9.76. The fraction of sp³-hybridized carbons (Fsp3) is 0.278. The number of nitrogens with zero attached hydrogens (tertiary/aromatic N) is 3. The van der Waals surface area contributed by atoms with Crippen molar-refractivity contribution in [1.82, 2.24) is 15.2 Å². The van der Waals surface area contributed by atoms with E-state index in [0.29, 0.717) is 9.90 Å². The topological polar surface area (TPSA) is 59.3 Å². The number of hydrogen-bond acceptors (Lipinski definition) is 4. The molecule has 0 radical (unpaired) electrons. The minimum atomic E-state index is -0.305. The molecule has 130 valence electrons. The van der Waals surface area contributed by atoms with Crippen molar-refractivity contribution in [3.05, 3.63) is 51.1 Å². The van der Waals surface area contributed by atoms with Gasteiger partial charge in [0.1, 0.15) is 4.88 Å². The number of hydrazone groups is 1. The molecule has 1 amide bonds. The number of aromatic nitrogens is 2. The van der Waals surface area contributed by atoms with Crippen molar-refractivity contribution in [2.75, 3.05) is 0 Å². The third kappa shape index (κ3) is 3.60. The number of benzene rings is 1. The predicted molar refractivity (Wildman–Crippen MR) is 104 cm³/mol. The third-order valence-electron chi connectivity index (χ3n) is 3.99. The van der Waals surface area contributed by atoms with Crippen molar-refractivity contribution in [3.63, 3.8) is 0 Å². The van der Waals surface area contributed by atoms with E-state index in [1.54, 1.807) is 6.21 Å². The Morgan fingerprint density at radius 2 is 2.24 bits per heavy atom. The van der Waals surface area contributed by atoms with Gasteiger partial charge in [0.25, 0.3) is 5.91 Å². The molecule has 0 unspecified atom stereocenters. The second-order valence-electron chi connectivity index (χ2n) is 5.65. The van der Waals surface area contributed by atoms with E-state index in [4.69, 9.17) is 11.6 Å². The van der Waals surface area contributed by atoms with Gasteiger partial charge in [0.05, 0.1) is 16.9 Å². The SMILES string of the molecule is CCc1ccc2c(Cl)c(C(=O)NN=Cc3cn(CC)nc3C)sc2c1. The van der Waals surface area contributed by atoms with Crippen LogP contribution in [0.3, 0.4) is 0 Å². The number of carbonyl (C=O) groups is 1. The Morgan fingerprint density at radius 3 is 2.92 bits per heavy atom. The summed E-state index contributed by atoms with van der Waals surface area (Å²) in [4.78, 5) is 12.9. The van der Waals surface area contributed by atoms with Crippen LogP contribution in [-0.4, -0.2) is 21.9 Å². The van der Waals surface area contributed by atoms with E-state index in [-0.39, 0.29) is 5.91 Å². The molecule has 0 aliphatic carbocycles. The summed E-state index contributed by atoms with van der Waals surface area (Å²) >= 11 is 7.76. The maximum atomic E-state index is 12.4. The molecule has 25 heavy (non-hydrogen) atoms. The van der Waals surface area contributed by atoms with Gasteiger partial charge in [0.15, 0.2) is 0 Å². The summed E-state index contributed by atoms with van der Waals surface area (Å²) < 4.78 is 2.84. The van der Waals surface area contributed by atoms with E-state index in [9.17, 15) is 4.79 Å². The third-order valence-corrected chi connectivity index (χ3v) is 5.64. The van der Waals surface area contributed by atoms with Crippen molar-refractivity contribution in [2.45, 2.75) is 33.7 Å². The summed E-state index contributed by atoms with van der Waals surface area (Å²) in [7, 11) is 0. The van der Waals surface area contributed by atoms with Crippen molar-refractivity contribution in [1.29, 1.82) is 0 Å². The van der Waals surface area contributed by atoms with E-state index in [0.717, 1.165) is 34.3 Å². The number of amides is 1. The summed E-state index contributed by atoms with van der Waals surface area (Å²) in [6.07, 6.45) is 4.44. The number of thiophene rings is 1. The Balaban J connectivity index is 1.79. The second-order valence-corrected chi connectivity index (χ2v) is 7.08. The standard InChI is InChI=1S/C18H19ClN4OS/c1-4-12-6-7-14-15(8-12)25-17(16(14)19)18(24)21-20-9-13-10-23(5-2)22-11(13)3/h6-10H,4-5H2,1-3H3,(H,21,24). The highest BCUT2D eigenvalue weighted by Gasteiger charge is 2.17. The number of fused-ring (bicyclic) bond motifs is 1. The van der Waals surface area contributed by atoms with Crippen LogP contribution >= 0.6 is 22.9 Å². The Hall–Kier alpha value is -2.18. The molecule has 0 spiro atoms. The molecule has 0 atom stereocenters. The van der Waals surface area contributed by atoms with Gasteiger partial charge >= 0.3 is 0 Å². The highest BCUT2D eigenvalue weighted by atomic mass is 35.5. The van der Waals surface area contributed by atoms with Gasteiger partial charge in [-0.2, -0.15) is 10.2 Å². The second kappa shape index (κ2) is 7.37. The molecule has 1 aromatic carbocycles. The smallest absolute Gasteiger partial charge is 0.272 e. The molecule has 2 heterocycles. The van der Waals surface area contributed by atoms with Crippen LogP contribution in [0, 0.1) is 6.92 Å². The lowest BCUT2D eigenvalue weighted by Gasteiger charge is -1.97. The quantitative estimate of drug-likeness (QED) is 0.531. The lowest BCUT2D eigenvalue weighted by molar-refractivity contribution is 0.0959. The van der Waals surface area contributed by atoms with Crippen LogP contribution in [0.4, 0.5) is 0 Å². The molecule has 0 saturated heterocycles. The molecular formula is C18H19ClN4OS. The fourth-order valence-electron chi connectivity index (χ4n) is 2.51. The van der Waals surface area contributed by atoms with Gasteiger partial charge in [0.2, 0.25) is 0 Å². The van der Waals surface area contributed by atoms with Gasteiger partial charge in [-0.1, -0.05) is 30.7 Å². The molecule has 1 N–H and O–H groups in total. The minimum absolute atomic E-state index is 0.305. The van der Waals surface area contributed by atoms with E-state index in [2.05, 4.69) is 28.6 Å². The predicted octanol–water partition coefficient (Wildman–Crippen LogP) is 4.41. The number of nitrogens with one attached hydrogen (secondary N) is 1. The average molecular weight is 375 g/mol. The normalized spacial score (nSPS) is 11.5. The molecular weight excluding hydrogens is 356 g/mol. The van der Waals surface area contributed by atoms with Crippen molar-refractivity contribution in [2.24, 2.45) is 5.10 Å². The maximum Gasteiger partial charge on any atom is 0.283 e. The van der Waals surface area contributed by atoms with Gasteiger partial charge in [-0.25, -0.2) is 5.43 Å². The average Bonchev–Trinajstić information content (AvgIpc) is 3.14. The lowest BCUT2D eigenvalue weighted by Crippen LogP contribution is -2.16.